The van der Waals surface area contributed by atoms with Gasteiger partial charge in [0, 0.05) is 36.2 Å². The molecular weight excluding hydrogens is 558 g/mol. The number of anilines is 1. The SMILES string of the molecule is CCCN(C)Cc1ccnc(O[C@H]2CC[C@H](N(c3cc(C#CC(C)(C)C)sc3C(=O)O)C(=O)[C@H]3CC[C@H](C)CC3)CC2)c1. The number of nitrogens with zero attached hydrogens (tertiary/aromatic N) is 3. The Labute approximate surface area is 262 Å². The van der Waals surface area contributed by atoms with E-state index in [0.717, 1.165) is 70.9 Å². The Morgan fingerprint density at radius 3 is 2.42 bits per heavy atom. The van der Waals surface area contributed by atoms with E-state index in [2.05, 4.69) is 42.6 Å². The van der Waals surface area contributed by atoms with E-state index < -0.39 is 5.97 Å². The van der Waals surface area contributed by atoms with E-state index in [-0.39, 0.29) is 34.3 Å². The van der Waals surface area contributed by atoms with Gasteiger partial charge >= 0.3 is 5.97 Å². The van der Waals surface area contributed by atoms with Gasteiger partial charge < -0.3 is 19.6 Å². The fraction of sp³-hybridized carbons (Fsp3) is 0.629. The van der Waals surface area contributed by atoms with E-state index >= 15 is 0 Å². The maximum Gasteiger partial charge on any atom is 0.348 e. The van der Waals surface area contributed by atoms with Crippen LogP contribution in [-0.2, 0) is 11.3 Å². The van der Waals surface area contributed by atoms with Crippen LogP contribution in [0.25, 0.3) is 0 Å². The van der Waals surface area contributed by atoms with E-state index in [0.29, 0.717) is 22.4 Å². The molecule has 2 aliphatic rings. The van der Waals surface area contributed by atoms with E-state index in [9.17, 15) is 14.7 Å². The van der Waals surface area contributed by atoms with Gasteiger partial charge in [-0.25, -0.2) is 9.78 Å². The van der Waals surface area contributed by atoms with Crippen molar-refractivity contribution in [2.45, 2.75) is 111 Å². The number of carbonyl (C=O) groups is 2. The van der Waals surface area contributed by atoms with Gasteiger partial charge in [-0.15, -0.1) is 11.3 Å². The lowest BCUT2D eigenvalue weighted by atomic mass is 9.81. The first-order valence-corrected chi connectivity index (χ1v) is 16.8. The molecule has 234 valence electrons. The minimum atomic E-state index is -1.01. The number of rotatable bonds is 10. The molecule has 2 saturated carbocycles. The molecular formula is C35H49N3O4S. The Morgan fingerprint density at radius 1 is 1.09 bits per heavy atom. The molecule has 2 aliphatic carbocycles. The topological polar surface area (TPSA) is 83.0 Å². The van der Waals surface area contributed by atoms with Crippen LogP contribution in [0.15, 0.2) is 24.4 Å². The minimum Gasteiger partial charge on any atom is -0.477 e. The normalized spacial score (nSPS) is 22.5. The molecule has 8 heteroatoms. The maximum absolute atomic E-state index is 14.2. The third-order valence-electron chi connectivity index (χ3n) is 8.48. The molecule has 0 bridgehead atoms. The Balaban J connectivity index is 1.54. The van der Waals surface area contributed by atoms with Crippen molar-refractivity contribution in [2.24, 2.45) is 17.3 Å². The summed E-state index contributed by atoms with van der Waals surface area (Å²) >= 11 is 1.17. The number of aromatic carboxylic acids is 1. The summed E-state index contributed by atoms with van der Waals surface area (Å²) in [6, 6.07) is 5.82. The lowest BCUT2D eigenvalue weighted by Gasteiger charge is -2.39. The molecule has 0 saturated heterocycles. The third kappa shape index (κ3) is 9.30. The van der Waals surface area contributed by atoms with Gasteiger partial charge in [-0.3, -0.25) is 4.79 Å². The number of thiophene rings is 1. The average molecular weight is 608 g/mol. The Kier molecular flexibility index (Phi) is 11.3. The van der Waals surface area contributed by atoms with Crippen LogP contribution in [0.2, 0.25) is 0 Å². The van der Waals surface area contributed by atoms with Crippen molar-refractivity contribution < 1.29 is 19.4 Å². The standard InChI is InChI=1S/C35H49N3O4S/c1-7-20-37(6)23-25-17-19-36-31(21-25)42-28-14-12-27(13-15-28)38(33(39)26-10-8-24(2)9-11-26)30-22-29(16-18-35(3,4)5)43-32(30)34(40)41/h17,19,21-22,24,26-28H,7-15,20,23H2,1-6H3,(H,40,41)/t24-,26-,27-,28-. The van der Waals surface area contributed by atoms with Gasteiger partial charge in [-0.1, -0.05) is 25.7 Å². The number of carboxylic acids is 1. The number of aromatic nitrogens is 1. The highest BCUT2D eigenvalue weighted by atomic mass is 32.1. The minimum absolute atomic E-state index is 0.00878. The van der Waals surface area contributed by atoms with Gasteiger partial charge in [0.2, 0.25) is 11.8 Å². The second kappa shape index (κ2) is 14.7. The average Bonchev–Trinajstić information content (AvgIpc) is 3.37. The molecule has 0 unspecified atom stereocenters. The van der Waals surface area contributed by atoms with Gasteiger partial charge in [0.25, 0.3) is 0 Å². The highest BCUT2D eigenvalue weighted by molar-refractivity contribution is 7.15. The Bertz CT molecular complexity index is 1300. The molecule has 0 aromatic carbocycles. The summed E-state index contributed by atoms with van der Waals surface area (Å²) in [5, 5.41) is 10.2. The maximum atomic E-state index is 14.2. The molecule has 7 nitrogen and oxygen atoms in total. The van der Waals surface area contributed by atoms with Crippen molar-refractivity contribution in [1.29, 1.82) is 0 Å². The zero-order valence-corrected chi connectivity index (χ0v) is 27.6. The molecule has 2 fully saturated rings. The monoisotopic (exact) mass is 607 g/mol. The second-order valence-corrected chi connectivity index (χ2v) is 14.6. The number of amides is 1. The van der Waals surface area contributed by atoms with Gasteiger partial charge in [0.15, 0.2) is 0 Å². The predicted octanol–water partition coefficient (Wildman–Crippen LogP) is 7.63. The summed E-state index contributed by atoms with van der Waals surface area (Å²) in [4.78, 5) is 36.1. The molecule has 2 aromatic rings. The highest BCUT2D eigenvalue weighted by Gasteiger charge is 2.38. The summed E-state index contributed by atoms with van der Waals surface area (Å²) in [6.07, 6.45) is 9.75. The fourth-order valence-corrected chi connectivity index (χ4v) is 7.04. The van der Waals surface area contributed by atoms with Crippen molar-refractivity contribution >= 4 is 28.9 Å². The van der Waals surface area contributed by atoms with Crippen molar-refractivity contribution in [3.63, 3.8) is 0 Å². The zero-order chi connectivity index (χ0) is 31.1. The quantitative estimate of drug-likeness (QED) is 0.280. The van der Waals surface area contributed by atoms with E-state index in [1.54, 1.807) is 0 Å². The summed E-state index contributed by atoms with van der Waals surface area (Å²) < 4.78 is 6.35. The van der Waals surface area contributed by atoms with Crippen LogP contribution in [0.1, 0.15) is 113 Å². The van der Waals surface area contributed by atoms with E-state index in [4.69, 9.17) is 4.74 Å². The molecule has 0 spiro atoms. The van der Waals surface area contributed by atoms with Crippen LogP contribution in [-0.4, -0.2) is 52.6 Å². The van der Waals surface area contributed by atoms with Crippen molar-refractivity contribution in [1.82, 2.24) is 9.88 Å². The zero-order valence-electron chi connectivity index (χ0n) is 26.8. The van der Waals surface area contributed by atoms with Gasteiger partial charge in [0.05, 0.1) is 10.6 Å². The molecule has 2 aromatic heterocycles. The van der Waals surface area contributed by atoms with E-state index in [1.807, 2.05) is 50.1 Å². The Morgan fingerprint density at radius 2 is 1.79 bits per heavy atom. The third-order valence-corrected chi connectivity index (χ3v) is 9.51. The van der Waals surface area contributed by atoms with Crippen LogP contribution in [0.3, 0.4) is 0 Å². The van der Waals surface area contributed by atoms with Crippen LogP contribution >= 0.6 is 11.3 Å². The van der Waals surface area contributed by atoms with Crippen LogP contribution in [0.4, 0.5) is 5.69 Å². The van der Waals surface area contributed by atoms with Crippen LogP contribution < -0.4 is 9.64 Å². The summed E-state index contributed by atoms with van der Waals surface area (Å²) in [5.41, 5.74) is 1.48. The first-order chi connectivity index (χ1) is 20.4. The van der Waals surface area contributed by atoms with Crippen molar-refractivity contribution in [3.05, 3.63) is 39.7 Å². The lowest BCUT2D eigenvalue weighted by molar-refractivity contribution is -0.124. The largest absolute Gasteiger partial charge is 0.477 e. The van der Waals surface area contributed by atoms with E-state index in [1.165, 1.54) is 16.9 Å². The fourth-order valence-electron chi connectivity index (χ4n) is 6.20. The lowest BCUT2D eigenvalue weighted by Crippen LogP contribution is -2.47. The molecule has 1 N–H and O–H groups in total. The number of hydrogen-bond acceptors (Lipinski definition) is 6. The smallest absolute Gasteiger partial charge is 0.348 e. The molecule has 1 amide bonds. The molecule has 0 aliphatic heterocycles. The second-order valence-electron chi connectivity index (χ2n) is 13.6. The van der Waals surface area contributed by atoms with Gasteiger partial charge in [-0.2, -0.15) is 0 Å². The first-order valence-electron chi connectivity index (χ1n) is 16.0. The molecule has 0 radical (unpaired) electrons. The molecule has 0 atom stereocenters. The number of carboxylic acid groups (broad SMARTS) is 1. The van der Waals surface area contributed by atoms with Gasteiger partial charge in [-0.05, 0) is 116 Å². The molecule has 43 heavy (non-hydrogen) atoms. The Hall–Kier alpha value is -2.89. The highest BCUT2D eigenvalue weighted by Crippen LogP contribution is 2.39. The number of ether oxygens (including phenoxy) is 1. The first kappa shape index (κ1) is 33.0. The summed E-state index contributed by atoms with van der Waals surface area (Å²) in [7, 11) is 2.12. The predicted molar refractivity (Wildman–Crippen MR) is 174 cm³/mol. The number of hydrogen-bond donors (Lipinski definition) is 1. The number of carbonyl (C=O) groups excluding carboxylic acids is 1. The summed E-state index contributed by atoms with van der Waals surface area (Å²) in [5.74, 6) is 6.65. The van der Waals surface area contributed by atoms with Crippen molar-refractivity contribution in [3.8, 4) is 17.7 Å². The summed E-state index contributed by atoms with van der Waals surface area (Å²) in [6.45, 7) is 12.4. The number of pyridine rings is 1. The molecule has 2 heterocycles. The van der Waals surface area contributed by atoms with Gasteiger partial charge in [0.1, 0.15) is 11.0 Å². The van der Waals surface area contributed by atoms with Crippen molar-refractivity contribution in [2.75, 3.05) is 18.5 Å². The molecule has 4 rings (SSSR count). The van der Waals surface area contributed by atoms with Crippen LogP contribution in [0.5, 0.6) is 5.88 Å². The van der Waals surface area contributed by atoms with Crippen LogP contribution in [0, 0.1) is 29.1 Å².